The first kappa shape index (κ1) is 28.8. The van der Waals surface area contributed by atoms with E-state index in [4.69, 9.17) is 14.2 Å². The van der Waals surface area contributed by atoms with Gasteiger partial charge in [-0.25, -0.2) is 13.2 Å². The lowest BCUT2D eigenvalue weighted by Gasteiger charge is -2.30. The highest BCUT2D eigenvalue weighted by Crippen LogP contribution is 2.38. The van der Waals surface area contributed by atoms with Gasteiger partial charge in [0.2, 0.25) is 0 Å². The molecule has 0 unspecified atom stereocenters. The molecule has 210 valence electrons. The molecule has 0 radical (unpaired) electrons. The summed E-state index contributed by atoms with van der Waals surface area (Å²) in [5.74, 6) is -5.25. The van der Waals surface area contributed by atoms with Crippen LogP contribution in [-0.2, 0) is 26.5 Å². The molecular weight excluding hydrogens is 540 g/mol. The molecule has 1 saturated heterocycles. The van der Waals surface area contributed by atoms with Gasteiger partial charge in [-0.1, -0.05) is 12.1 Å². The molecule has 0 atom stereocenters. The predicted octanol–water partition coefficient (Wildman–Crippen LogP) is 7.62. The fraction of sp³-hybridized carbons (Fsp3) is 0.333. The second kappa shape index (κ2) is 11.5. The zero-order valence-electron chi connectivity index (χ0n) is 20.3. The number of alkyl halides is 5. The van der Waals surface area contributed by atoms with Gasteiger partial charge >= 0.3 is 12.3 Å². The molecule has 4 rings (SSSR count). The summed E-state index contributed by atoms with van der Waals surface area (Å²) in [6.45, 7) is 3.01. The fourth-order valence-electron chi connectivity index (χ4n) is 3.95. The number of benzene rings is 3. The lowest BCUT2D eigenvalue weighted by Crippen LogP contribution is -2.31. The highest BCUT2D eigenvalue weighted by atomic mass is 19.4. The second-order valence-corrected chi connectivity index (χ2v) is 8.72. The Kier molecular flexibility index (Phi) is 8.48. The number of rotatable bonds is 8. The molecule has 39 heavy (non-hydrogen) atoms. The summed E-state index contributed by atoms with van der Waals surface area (Å²) in [6.07, 6.45) is -10.3. The maximum atomic E-state index is 14.8. The van der Waals surface area contributed by atoms with Gasteiger partial charge in [0.05, 0.1) is 25.4 Å². The van der Waals surface area contributed by atoms with E-state index in [9.17, 15) is 35.1 Å². The third-order valence-corrected chi connectivity index (χ3v) is 5.86. The van der Waals surface area contributed by atoms with Gasteiger partial charge in [-0.2, -0.15) is 22.0 Å². The highest BCUT2D eigenvalue weighted by molar-refractivity contribution is 5.65. The van der Waals surface area contributed by atoms with Crippen LogP contribution >= 0.6 is 0 Å². The van der Waals surface area contributed by atoms with Crippen LogP contribution in [0, 0.1) is 23.4 Å². The second-order valence-electron chi connectivity index (χ2n) is 8.72. The van der Waals surface area contributed by atoms with Crippen molar-refractivity contribution in [3.05, 3.63) is 88.7 Å². The van der Waals surface area contributed by atoms with Crippen molar-refractivity contribution in [1.82, 2.24) is 0 Å². The Labute approximate surface area is 218 Å². The van der Waals surface area contributed by atoms with Gasteiger partial charge in [-0.3, -0.25) is 0 Å². The summed E-state index contributed by atoms with van der Waals surface area (Å²) in [5, 5.41) is 0. The van der Waals surface area contributed by atoms with Crippen molar-refractivity contribution in [3.63, 3.8) is 0 Å². The summed E-state index contributed by atoms with van der Waals surface area (Å²) in [5.41, 5.74) is -2.97. The van der Waals surface area contributed by atoms with Crippen molar-refractivity contribution in [3.8, 4) is 16.9 Å². The van der Waals surface area contributed by atoms with Gasteiger partial charge in [-0.15, -0.1) is 0 Å². The van der Waals surface area contributed by atoms with Crippen molar-refractivity contribution in [2.24, 2.45) is 5.92 Å². The molecule has 12 heteroatoms. The van der Waals surface area contributed by atoms with Gasteiger partial charge in [0, 0.05) is 29.7 Å². The lowest BCUT2D eigenvalue weighted by molar-refractivity contribution is -0.212. The predicted molar refractivity (Wildman–Crippen MR) is 122 cm³/mol. The van der Waals surface area contributed by atoms with E-state index >= 15 is 0 Å². The van der Waals surface area contributed by atoms with E-state index in [1.165, 1.54) is 0 Å². The molecule has 1 fully saturated rings. The Morgan fingerprint density at radius 1 is 0.821 bits per heavy atom. The maximum absolute atomic E-state index is 14.8. The van der Waals surface area contributed by atoms with E-state index in [0.29, 0.717) is 31.4 Å². The number of hydrogen-bond donors (Lipinski definition) is 0. The number of halogens is 8. The van der Waals surface area contributed by atoms with E-state index in [0.717, 1.165) is 36.4 Å². The molecule has 1 aliphatic rings. The number of hydrogen-bond acceptors (Lipinski definition) is 4. The first-order chi connectivity index (χ1) is 18.4. The minimum absolute atomic E-state index is 0.0443. The summed E-state index contributed by atoms with van der Waals surface area (Å²) in [6, 6.07) is 7.22. The zero-order chi connectivity index (χ0) is 28.4. The molecule has 0 aliphatic carbocycles. The van der Waals surface area contributed by atoms with Crippen LogP contribution in [0.2, 0.25) is 0 Å². The van der Waals surface area contributed by atoms with Crippen molar-refractivity contribution >= 4 is 0 Å². The van der Waals surface area contributed by atoms with Gasteiger partial charge < -0.3 is 18.9 Å². The molecule has 0 bridgehead atoms. The lowest BCUT2D eigenvalue weighted by atomic mass is 10.0. The molecule has 0 N–H and O–H groups in total. The van der Waals surface area contributed by atoms with Crippen LogP contribution in [0.25, 0.3) is 11.1 Å². The molecule has 4 nitrogen and oxygen atoms in total. The van der Waals surface area contributed by atoms with E-state index in [1.54, 1.807) is 0 Å². The van der Waals surface area contributed by atoms with Crippen molar-refractivity contribution < 1.29 is 54.1 Å². The summed E-state index contributed by atoms with van der Waals surface area (Å²) >= 11 is 0. The molecule has 3 aromatic carbocycles. The fourth-order valence-corrected chi connectivity index (χ4v) is 3.95. The van der Waals surface area contributed by atoms with Gasteiger partial charge in [-0.05, 0) is 48.9 Å². The normalized spacial score (nSPS) is 18.3. The van der Waals surface area contributed by atoms with Crippen LogP contribution in [0.5, 0.6) is 5.75 Å². The van der Waals surface area contributed by atoms with Crippen molar-refractivity contribution in [1.29, 1.82) is 0 Å². The maximum Gasteiger partial charge on any atom is 0.432 e. The SMILES string of the molecule is CCOCC1COC(c2cc(F)c(C(F)(F)Oc3ccc(-c4ccc(C(F)(F)F)cc4)c(F)c3)c(F)c2)OC1. The average molecular weight is 562 g/mol. The third-order valence-electron chi connectivity index (χ3n) is 5.86. The largest absolute Gasteiger partial charge is 0.432 e. The molecule has 1 aliphatic heterocycles. The summed E-state index contributed by atoms with van der Waals surface area (Å²) in [4.78, 5) is 0. The molecule has 0 spiro atoms. The summed E-state index contributed by atoms with van der Waals surface area (Å²) < 4.78 is 132. The van der Waals surface area contributed by atoms with E-state index in [-0.39, 0.29) is 35.8 Å². The van der Waals surface area contributed by atoms with E-state index in [2.05, 4.69) is 4.74 Å². The number of ether oxygens (including phenoxy) is 4. The van der Waals surface area contributed by atoms with Crippen LogP contribution in [0.3, 0.4) is 0 Å². The minimum Gasteiger partial charge on any atom is -0.429 e. The van der Waals surface area contributed by atoms with Crippen molar-refractivity contribution in [2.75, 3.05) is 26.4 Å². The summed E-state index contributed by atoms with van der Waals surface area (Å²) in [7, 11) is 0. The Balaban J connectivity index is 1.49. The average Bonchev–Trinajstić information content (AvgIpc) is 2.86. The van der Waals surface area contributed by atoms with Crippen LogP contribution < -0.4 is 4.74 Å². The molecule has 0 amide bonds. The Bertz CT molecular complexity index is 1260. The Morgan fingerprint density at radius 3 is 1.97 bits per heavy atom. The first-order valence-corrected chi connectivity index (χ1v) is 11.7. The topological polar surface area (TPSA) is 36.9 Å². The quantitative estimate of drug-likeness (QED) is 0.265. The molecule has 0 saturated carbocycles. The van der Waals surface area contributed by atoms with E-state index in [1.807, 2.05) is 6.92 Å². The standard InChI is InChI=1S/C27H22F8O4/c1-2-36-12-15-13-37-25(38-14-15)17-9-22(29)24(23(30)10-17)27(34,35)39-19-7-8-20(21(28)11-19)16-3-5-18(6-4-16)26(31,32)33/h3-11,15,25H,2,12-14H2,1H3. The van der Waals surface area contributed by atoms with Crippen molar-refractivity contribution in [2.45, 2.75) is 25.5 Å². The zero-order valence-corrected chi connectivity index (χ0v) is 20.3. The highest BCUT2D eigenvalue weighted by Gasteiger charge is 2.42. The van der Waals surface area contributed by atoms with Crippen LogP contribution in [0.1, 0.15) is 29.9 Å². The molecule has 1 heterocycles. The molecular formula is C27H22F8O4. The Morgan fingerprint density at radius 2 is 1.44 bits per heavy atom. The van der Waals surface area contributed by atoms with Gasteiger partial charge in [0.25, 0.3) is 0 Å². The van der Waals surface area contributed by atoms with Crippen LogP contribution in [0.4, 0.5) is 35.1 Å². The van der Waals surface area contributed by atoms with Crippen LogP contribution in [0.15, 0.2) is 54.6 Å². The van der Waals surface area contributed by atoms with E-state index < -0.39 is 52.9 Å². The molecule has 3 aromatic rings. The first-order valence-electron chi connectivity index (χ1n) is 11.7. The van der Waals surface area contributed by atoms with Gasteiger partial charge in [0.1, 0.15) is 28.8 Å². The minimum atomic E-state index is -4.59. The molecule has 0 aromatic heterocycles. The van der Waals surface area contributed by atoms with Crippen LogP contribution in [-0.4, -0.2) is 26.4 Å². The van der Waals surface area contributed by atoms with Gasteiger partial charge in [0.15, 0.2) is 6.29 Å². The Hall–Kier alpha value is -3.22. The third kappa shape index (κ3) is 6.68. The smallest absolute Gasteiger partial charge is 0.429 e. The monoisotopic (exact) mass is 562 g/mol.